The number of aromatic nitrogens is 1. The molecular formula is C15H14F2N2O3S. The number of halogens is 2. The number of nitrogens with zero attached hydrogens (tertiary/aromatic N) is 1. The van der Waals surface area contributed by atoms with Crippen molar-refractivity contribution in [1.82, 2.24) is 0 Å². The van der Waals surface area contributed by atoms with Crippen molar-refractivity contribution in [2.75, 3.05) is 5.32 Å². The lowest BCUT2D eigenvalue weighted by molar-refractivity contribution is -0.645. The Kier molecular flexibility index (Phi) is 5.75. The minimum Gasteiger partial charge on any atom is -0.618 e. The number of alkyl halides is 2. The highest BCUT2D eigenvalue weighted by Crippen LogP contribution is 2.22. The van der Waals surface area contributed by atoms with Gasteiger partial charge in [0.1, 0.15) is 5.75 Å². The van der Waals surface area contributed by atoms with Crippen molar-refractivity contribution >= 4 is 23.4 Å². The summed E-state index contributed by atoms with van der Waals surface area (Å²) in [7, 11) is 0. The fourth-order valence-electron chi connectivity index (χ4n) is 1.70. The minimum atomic E-state index is -2.89. The average Bonchev–Trinajstić information content (AvgIpc) is 2.51. The third-order valence-corrected chi connectivity index (χ3v) is 3.93. The molecule has 1 amide bonds. The first-order valence-electron chi connectivity index (χ1n) is 6.66. The lowest BCUT2D eigenvalue weighted by Gasteiger charge is -2.12. The van der Waals surface area contributed by atoms with E-state index in [0.29, 0.717) is 15.4 Å². The highest BCUT2D eigenvalue weighted by atomic mass is 32.2. The van der Waals surface area contributed by atoms with Crippen LogP contribution in [0.25, 0.3) is 0 Å². The van der Waals surface area contributed by atoms with Gasteiger partial charge in [-0.3, -0.25) is 4.79 Å². The summed E-state index contributed by atoms with van der Waals surface area (Å²) in [4.78, 5) is 12.1. The van der Waals surface area contributed by atoms with E-state index in [2.05, 4.69) is 10.1 Å². The molecule has 2 aromatic rings. The predicted octanol–water partition coefficient (Wildman–Crippen LogP) is 3.04. The van der Waals surface area contributed by atoms with Crippen LogP contribution < -0.4 is 14.8 Å². The molecule has 122 valence electrons. The van der Waals surface area contributed by atoms with Gasteiger partial charge in [-0.1, -0.05) is 0 Å². The fraction of sp³-hybridized carbons (Fsp3) is 0.200. The molecule has 1 aromatic heterocycles. The van der Waals surface area contributed by atoms with Gasteiger partial charge in [0, 0.05) is 17.8 Å². The molecule has 2 rings (SSSR count). The Morgan fingerprint density at radius 1 is 1.26 bits per heavy atom. The van der Waals surface area contributed by atoms with Crippen LogP contribution in [0, 0.1) is 5.21 Å². The molecule has 1 aromatic carbocycles. The van der Waals surface area contributed by atoms with E-state index in [-0.39, 0.29) is 11.7 Å². The third-order valence-electron chi connectivity index (χ3n) is 2.80. The Morgan fingerprint density at radius 3 is 2.57 bits per heavy atom. The van der Waals surface area contributed by atoms with Crippen LogP contribution in [0.3, 0.4) is 0 Å². The molecule has 8 heteroatoms. The molecular weight excluding hydrogens is 326 g/mol. The summed E-state index contributed by atoms with van der Waals surface area (Å²) in [6, 6.07) is 10.5. The zero-order valence-electron chi connectivity index (χ0n) is 12.1. The fourth-order valence-corrected chi connectivity index (χ4v) is 2.55. The predicted molar refractivity (Wildman–Crippen MR) is 82.4 cm³/mol. The second-order valence-corrected chi connectivity index (χ2v) is 5.88. The number of nitrogens with one attached hydrogen (secondary N) is 1. The molecule has 1 atom stereocenters. The molecule has 5 nitrogen and oxygen atoms in total. The molecule has 0 aliphatic rings. The minimum absolute atomic E-state index is 0.0112. The molecule has 0 aliphatic carbocycles. The van der Waals surface area contributed by atoms with E-state index in [1.165, 1.54) is 30.5 Å². The van der Waals surface area contributed by atoms with Crippen molar-refractivity contribution in [3.8, 4) is 5.75 Å². The lowest BCUT2D eigenvalue weighted by atomic mass is 10.3. The number of hydrogen-bond donors (Lipinski definition) is 1. The van der Waals surface area contributed by atoms with Crippen LogP contribution in [-0.2, 0) is 4.79 Å². The Balaban J connectivity index is 1.94. The lowest BCUT2D eigenvalue weighted by Crippen LogP contribution is -2.30. The van der Waals surface area contributed by atoms with Crippen LogP contribution in [0.1, 0.15) is 6.92 Å². The van der Waals surface area contributed by atoms with Gasteiger partial charge in [0.2, 0.25) is 5.91 Å². The maximum Gasteiger partial charge on any atom is 0.387 e. The normalized spacial score (nSPS) is 12.0. The van der Waals surface area contributed by atoms with Gasteiger partial charge in [-0.15, -0.1) is 0 Å². The number of rotatable bonds is 6. The zero-order chi connectivity index (χ0) is 16.8. The first-order chi connectivity index (χ1) is 11.0. The summed E-state index contributed by atoms with van der Waals surface area (Å²) in [5, 5.41) is 14.1. The number of carbonyl (C=O) groups is 1. The summed E-state index contributed by atoms with van der Waals surface area (Å²) in [5.41, 5.74) is 0.451. The van der Waals surface area contributed by atoms with E-state index >= 15 is 0 Å². The van der Waals surface area contributed by atoms with Gasteiger partial charge >= 0.3 is 6.61 Å². The first kappa shape index (κ1) is 17.0. The second-order valence-electron chi connectivity index (χ2n) is 4.52. The average molecular weight is 340 g/mol. The topological polar surface area (TPSA) is 65.3 Å². The number of hydrogen-bond acceptors (Lipinski definition) is 4. The number of ether oxygens (including phenoxy) is 1. The van der Waals surface area contributed by atoms with E-state index in [0.717, 1.165) is 11.8 Å². The number of thioether (sulfide) groups is 1. The van der Waals surface area contributed by atoms with Crippen LogP contribution >= 0.6 is 11.8 Å². The van der Waals surface area contributed by atoms with Gasteiger partial charge in [0.05, 0.1) is 5.25 Å². The molecule has 0 saturated carbocycles. The summed E-state index contributed by atoms with van der Waals surface area (Å²) in [5.74, 6) is -0.293. The molecule has 1 unspecified atom stereocenters. The molecule has 0 radical (unpaired) electrons. The number of benzene rings is 1. The summed E-state index contributed by atoms with van der Waals surface area (Å²) in [6.07, 6.45) is 1.36. The number of anilines is 1. The molecule has 0 fully saturated rings. The smallest absolute Gasteiger partial charge is 0.387 e. The van der Waals surface area contributed by atoms with E-state index in [1.807, 2.05) is 0 Å². The molecule has 0 saturated heterocycles. The molecule has 0 spiro atoms. The van der Waals surface area contributed by atoms with Gasteiger partial charge in [-0.25, -0.2) is 0 Å². The van der Waals surface area contributed by atoms with Crippen LogP contribution in [-0.4, -0.2) is 17.8 Å². The van der Waals surface area contributed by atoms with Gasteiger partial charge in [0.15, 0.2) is 6.20 Å². The maximum atomic E-state index is 12.1. The van der Waals surface area contributed by atoms with Crippen LogP contribution in [0.15, 0.2) is 53.7 Å². The standard InChI is InChI=1S/C15H14F2N2O3S/c1-10(23-13-4-2-3-9-19(13)21)14(20)18-11-5-7-12(8-6-11)22-15(16)17/h2-10,15H,1H3,(H,18,20). The van der Waals surface area contributed by atoms with E-state index < -0.39 is 11.9 Å². The van der Waals surface area contributed by atoms with Gasteiger partial charge < -0.3 is 15.3 Å². The molecule has 1 N–H and O–H groups in total. The Bertz CT molecular complexity index is 668. The van der Waals surface area contributed by atoms with Crippen molar-refractivity contribution in [2.24, 2.45) is 0 Å². The zero-order valence-corrected chi connectivity index (χ0v) is 12.9. The molecule has 0 aliphatic heterocycles. The highest BCUT2D eigenvalue weighted by molar-refractivity contribution is 8.00. The van der Waals surface area contributed by atoms with Crippen LogP contribution in [0.5, 0.6) is 5.75 Å². The van der Waals surface area contributed by atoms with Crippen molar-refractivity contribution in [1.29, 1.82) is 0 Å². The van der Waals surface area contributed by atoms with Gasteiger partial charge in [0.25, 0.3) is 5.03 Å². The van der Waals surface area contributed by atoms with Crippen LogP contribution in [0.4, 0.5) is 14.5 Å². The van der Waals surface area contributed by atoms with Crippen molar-refractivity contribution < 1.29 is 23.0 Å². The maximum absolute atomic E-state index is 12.1. The first-order valence-corrected chi connectivity index (χ1v) is 7.54. The van der Waals surface area contributed by atoms with Crippen molar-refractivity contribution in [3.63, 3.8) is 0 Å². The SMILES string of the molecule is CC(Sc1cccc[n+]1[O-])C(=O)Nc1ccc(OC(F)F)cc1. The third kappa shape index (κ3) is 5.10. The molecule has 1 heterocycles. The molecule has 0 bridgehead atoms. The van der Waals surface area contributed by atoms with Gasteiger partial charge in [-0.05, 0) is 49.0 Å². The summed E-state index contributed by atoms with van der Waals surface area (Å²) < 4.78 is 29.0. The molecule has 23 heavy (non-hydrogen) atoms. The number of carbonyl (C=O) groups excluding carboxylic acids is 1. The van der Waals surface area contributed by atoms with E-state index in [1.54, 1.807) is 25.1 Å². The van der Waals surface area contributed by atoms with Crippen LogP contribution in [0.2, 0.25) is 0 Å². The number of amides is 1. The number of pyridine rings is 1. The largest absolute Gasteiger partial charge is 0.618 e. The monoisotopic (exact) mass is 340 g/mol. The Morgan fingerprint density at radius 2 is 1.96 bits per heavy atom. The quantitative estimate of drug-likeness (QED) is 0.499. The van der Waals surface area contributed by atoms with Crippen molar-refractivity contribution in [3.05, 3.63) is 53.9 Å². The Labute approximate surface area is 135 Å². The van der Waals surface area contributed by atoms with Gasteiger partial charge in [-0.2, -0.15) is 13.5 Å². The summed E-state index contributed by atoms with van der Waals surface area (Å²) in [6.45, 7) is -1.22. The summed E-state index contributed by atoms with van der Waals surface area (Å²) >= 11 is 1.12. The van der Waals surface area contributed by atoms with E-state index in [9.17, 15) is 18.8 Å². The highest BCUT2D eigenvalue weighted by Gasteiger charge is 2.18. The van der Waals surface area contributed by atoms with Crippen molar-refractivity contribution in [2.45, 2.75) is 23.8 Å². The van der Waals surface area contributed by atoms with E-state index in [4.69, 9.17) is 0 Å². The Hall–Kier alpha value is -2.35. The second kappa shape index (κ2) is 7.77.